The second-order valence-electron chi connectivity index (χ2n) is 4.53. The lowest BCUT2D eigenvalue weighted by atomic mass is 10.2. The van der Waals surface area contributed by atoms with Gasteiger partial charge in [-0.15, -0.1) is 0 Å². The summed E-state index contributed by atoms with van der Waals surface area (Å²) in [6, 6.07) is 9.20. The number of methoxy groups -OCH3 is 2. The molecule has 0 radical (unpaired) electrons. The third-order valence-corrected chi connectivity index (χ3v) is 3.02. The van der Waals surface area contributed by atoms with Crippen molar-refractivity contribution in [1.29, 1.82) is 0 Å². The zero-order valence-electron chi connectivity index (χ0n) is 12.6. The molecule has 0 bridgehead atoms. The monoisotopic (exact) mass is 298 g/mol. The number of pyridine rings is 1. The highest BCUT2D eigenvalue weighted by Gasteiger charge is 2.03. The topological polar surface area (TPSA) is 60.5 Å². The van der Waals surface area contributed by atoms with Gasteiger partial charge in [0.15, 0.2) is 11.5 Å². The van der Waals surface area contributed by atoms with Crippen LogP contribution in [0.25, 0.3) is 6.08 Å². The second kappa shape index (κ2) is 7.83. The Balaban J connectivity index is 1.95. The zero-order valence-corrected chi connectivity index (χ0v) is 12.6. The highest BCUT2D eigenvalue weighted by atomic mass is 16.5. The van der Waals surface area contributed by atoms with Crippen molar-refractivity contribution in [2.45, 2.75) is 6.54 Å². The summed E-state index contributed by atoms with van der Waals surface area (Å²) in [6.45, 7) is 0.447. The first-order valence-corrected chi connectivity index (χ1v) is 6.80. The molecule has 0 saturated heterocycles. The molecule has 5 nitrogen and oxygen atoms in total. The molecule has 0 fully saturated rings. The number of ether oxygens (including phenoxy) is 2. The van der Waals surface area contributed by atoms with E-state index < -0.39 is 0 Å². The second-order valence-corrected chi connectivity index (χ2v) is 4.53. The molecule has 1 aromatic heterocycles. The first kappa shape index (κ1) is 15.6. The molecule has 0 atom stereocenters. The SMILES string of the molecule is COc1ccc(/C=C/C(=O)NCc2cccnc2)cc1OC. The molecule has 1 N–H and O–H groups in total. The molecule has 1 heterocycles. The number of hydrogen-bond donors (Lipinski definition) is 1. The van der Waals surface area contributed by atoms with Crippen LogP contribution in [0.1, 0.15) is 11.1 Å². The van der Waals surface area contributed by atoms with Gasteiger partial charge in [0.05, 0.1) is 14.2 Å². The minimum absolute atomic E-state index is 0.168. The van der Waals surface area contributed by atoms with Crippen molar-refractivity contribution < 1.29 is 14.3 Å². The summed E-state index contributed by atoms with van der Waals surface area (Å²) in [5.74, 6) is 1.11. The molecule has 2 aromatic rings. The number of hydrogen-bond acceptors (Lipinski definition) is 4. The van der Waals surface area contributed by atoms with E-state index in [0.717, 1.165) is 11.1 Å². The zero-order chi connectivity index (χ0) is 15.8. The standard InChI is InChI=1S/C17H18N2O3/c1-21-15-7-5-13(10-16(15)22-2)6-8-17(20)19-12-14-4-3-9-18-11-14/h3-11H,12H2,1-2H3,(H,19,20)/b8-6+. The Morgan fingerprint density at radius 3 is 2.73 bits per heavy atom. The van der Waals surface area contributed by atoms with Gasteiger partial charge in [0, 0.05) is 25.0 Å². The molecule has 22 heavy (non-hydrogen) atoms. The van der Waals surface area contributed by atoms with Crippen molar-refractivity contribution in [2.24, 2.45) is 0 Å². The Bertz CT molecular complexity index is 654. The van der Waals surface area contributed by atoms with Crippen LogP contribution in [0.5, 0.6) is 11.5 Å². The third-order valence-electron chi connectivity index (χ3n) is 3.02. The van der Waals surface area contributed by atoms with Crippen molar-refractivity contribution in [3.63, 3.8) is 0 Å². The quantitative estimate of drug-likeness (QED) is 0.832. The van der Waals surface area contributed by atoms with Gasteiger partial charge in [0.2, 0.25) is 5.91 Å². The summed E-state index contributed by atoms with van der Waals surface area (Å²) < 4.78 is 10.4. The fourth-order valence-corrected chi connectivity index (χ4v) is 1.88. The number of carbonyl (C=O) groups excluding carboxylic acids is 1. The molecular weight excluding hydrogens is 280 g/mol. The largest absolute Gasteiger partial charge is 0.493 e. The Morgan fingerprint density at radius 1 is 1.23 bits per heavy atom. The van der Waals surface area contributed by atoms with Crippen LogP contribution in [0.3, 0.4) is 0 Å². The lowest BCUT2D eigenvalue weighted by Gasteiger charge is -2.07. The van der Waals surface area contributed by atoms with E-state index >= 15 is 0 Å². The van der Waals surface area contributed by atoms with Crippen LogP contribution in [-0.2, 0) is 11.3 Å². The molecule has 0 aliphatic heterocycles. The van der Waals surface area contributed by atoms with Gasteiger partial charge >= 0.3 is 0 Å². The molecule has 0 aliphatic carbocycles. The number of benzene rings is 1. The predicted molar refractivity (Wildman–Crippen MR) is 84.7 cm³/mol. The van der Waals surface area contributed by atoms with Crippen LogP contribution in [0.2, 0.25) is 0 Å². The Labute approximate surface area is 129 Å². The van der Waals surface area contributed by atoms with Crippen molar-refractivity contribution in [3.05, 3.63) is 59.9 Å². The lowest BCUT2D eigenvalue weighted by Crippen LogP contribution is -2.20. The Kier molecular flexibility index (Phi) is 5.54. The van der Waals surface area contributed by atoms with E-state index in [2.05, 4.69) is 10.3 Å². The predicted octanol–water partition coefficient (Wildman–Crippen LogP) is 2.43. The average Bonchev–Trinajstić information content (AvgIpc) is 2.58. The third kappa shape index (κ3) is 4.34. The molecule has 2 rings (SSSR count). The minimum atomic E-state index is -0.168. The number of nitrogens with zero attached hydrogens (tertiary/aromatic N) is 1. The molecule has 5 heteroatoms. The van der Waals surface area contributed by atoms with Crippen LogP contribution in [0.15, 0.2) is 48.8 Å². The molecule has 0 spiro atoms. The van der Waals surface area contributed by atoms with Gasteiger partial charge in [-0.25, -0.2) is 0 Å². The Morgan fingerprint density at radius 2 is 2.05 bits per heavy atom. The van der Waals surface area contributed by atoms with Crippen molar-refractivity contribution >= 4 is 12.0 Å². The summed E-state index contributed by atoms with van der Waals surface area (Å²) >= 11 is 0. The van der Waals surface area contributed by atoms with Gasteiger partial charge in [-0.05, 0) is 35.4 Å². The number of rotatable bonds is 6. The molecule has 1 amide bonds. The molecule has 1 aromatic carbocycles. The highest BCUT2D eigenvalue weighted by molar-refractivity contribution is 5.91. The van der Waals surface area contributed by atoms with Crippen molar-refractivity contribution in [2.75, 3.05) is 14.2 Å². The lowest BCUT2D eigenvalue weighted by molar-refractivity contribution is -0.116. The van der Waals surface area contributed by atoms with Gasteiger partial charge in [0.25, 0.3) is 0 Å². The van der Waals surface area contributed by atoms with Crippen molar-refractivity contribution in [3.8, 4) is 11.5 Å². The summed E-state index contributed by atoms with van der Waals surface area (Å²) in [5, 5.41) is 2.80. The van der Waals surface area contributed by atoms with Gasteiger partial charge in [-0.2, -0.15) is 0 Å². The fourth-order valence-electron chi connectivity index (χ4n) is 1.88. The summed E-state index contributed by atoms with van der Waals surface area (Å²) in [5.41, 5.74) is 1.81. The smallest absolute Gasteiger partial charge is 0.244 e. The van der Waals surface area contributed by atoms with E-state index in [1.807, 2.05) is 24.3 Å². The fraction of sp³-hybridized carbons (Fsp3) is 0.176. The maximum Gasteiger partial charge on any atom is 0.244 e. The summed E-state index contributed by atoms with van der Waals surface area (Å²) in [4.78, 5) is 15.8. The summed E-state index contributed by atoms with van der Waals surface area (Å²) in [7, 11) is 3.16. The van der Waals surface area contributed by atoms with Crippen LogP contribution < -0.4 is 14.8 Å². The number of carbonyl (C=O) groups is 1. The van der Waals surface area contributed by atoms with E-state index in [0.29, 0.717) is 18.0 Å². The van der Waals surface area contributed by atoms with Crippen LogP contribution in [0.4, 0.5) is 0 Å². The first-order valence-electron chi connectivity index (χ1n) is 6.80. The maximum atomic E-state index is 11.8. The number of amides is 1. The van der Waals surface area contributed by atoms with E-state index in [-0.39, 0.29) is 5.91 Å². The van der Waals surface area contributed by atoms with Gasteiger partial charge < -0.3 is 14.8 Å². The van der Waals surface area contributed by atoms with E-state index in [9.17, 15) is 4.79 Å². The average molecular weight is 298 g/mol. The molecule has 0 unspecified atom stereocenters. The van der Waals surface area contributed by atoms with Gasteiger partial charge in [0.1, 0.15) is 0 Å². The number of aromatic nitrogens is 1. The van der Waals surface area contributed by atoms with Gasteiger partial charge in [-0.3, -0.25) is 9.78 Å². The summed E-state index contributed by atoms with van der Waals surface area (Å²) in [6.07, 6.45) is 6.62. The number of nitrogens with one attached hydrogen (secondary N) is 1. The van der Waals surface area contributed by atoms with Crippen LogP contribution >= 0.6 is 0 Å². The highest BCUT2D eigenvalue weighted by Crippen LogP contribution is 2.27. The minimum Gasteiger partial charge on any atom is -0.493 e. The van der Waals surface area contributed by atoms with Crippen LogP contribution in [0, 0.1) is 0 Å². The van der Waals surface area contributed by atoms with Crippen molar-refractivity contribution in [1.82, 2.24) is 10.3 Å². The van der Waals surface area contributed by atoms with Gasteiger partial charge in [-0.1, -0.05) is 12.1 Å². The normalized spacial score (nSPS) is 10.5. The van der Waals surface area contributed by atoms with E-state index in [1.54, 1.807) is 38.8 Å². The molecule has 114 valence electrons. The maximum absolute atomic E-state index is 11.8. The van der Waals surface area contributed by atoms with Crippen LogP contribution in [-0.4, -0.2) is 25.1 Å². The molecule has 0 aliphatic rings. The van der Waals surface area contributed by atoms with E-state index in [1.165, 1.54) is 6.08 Å². The van der Waals surface area contributed by atoms with E-state index in [4.69, 9.17) is 9.47 Å². The molecular formula is C17H18N2O3. The first-order chi connectivity index (χ1) is 10.7. The Hall–Kier alpha value is -2.82. The molecule has 0 saturated carbocycles.